The third-order valence-corrected chi connectivity index (χ3v) is 6.37. The van der Waals surface area contributed by atoms with Crippen LogP contribution < -0.4 is 14.4 Å². The van der Waals surface area contributed by atoms with Crippen LogP contribution in [0.5, 0.6) is 17.2 Å². The fourth-order valence-electron chi connectivity index (χ4n) is 4.48. The Labute approximate surface area is 209 Å². The lowest BCUT2D eigenvalue weighted by atomic mass is 10.1. The molecular formula is C28H25N3O5. The van der Waals surface area contributed by atoms with Crippen molar-refractivity contribution in [2.45, 2.75) is 19.1 Å². The summed E-state index contributed by atoms with van der Waals surface area (Å²) in [6.45, 7) is 2.31. The third kappa shape index (κ3) is 4.67. The minimum atomic E-state index is -0.427. The van der Waals surface area contributed by atoms with E-state index in [9.17, 15) is 9.59 Å². The molecular weight excluding hydrogens is 458 g/mol. The van der Waals surface area contributed by atoms with E-state index in [1.807, 2.05) is 0 Å². The number of rotatable bonds is 8. The Morgan fingerprint density at radius 2 is 1.61 bits per heavy atom. The Kier molecular flexibility index (Phi) is 6.67. The van der Waals surface area contributed by atoms with Crippen molar-refractivity contribution in [3.8, 4) is 23.3 Å². The summed E-state index contributed by atoms with van der Waals surface area (Å²) in [4.78, 5) is 29.7. The molecule has 2 aliphatic rings. The number of nitrogens with zero attached hydrogens (tertiary/aromatic N) is 3. The van der Waals surface area contributed by atoms with Crippen LogP contribution in [0.1, 0.15) is 39.1 Å². The molecule has 1 saturated heterocycles. The quantitative estimate of drug-likeness (QED) is 0.433. The highest BCUT2D eigenvalue weighted by atomic mass is 16.5. The Hall–Kier alpha value is -4.19. The number of fused-ring (bicyclic) bond motifs is 1. The lowest BCUT2D eigenvalue weighted by Gasteiger charge is -2.26. The van der Waals surface area contributed by atoms with Crippen molar-refractivity contribution in [2.75, 3.05) is 31.7 Å². The highest BCUT2D eigenvalue weighted by Crippen LogP contribution is 2.33. The van der Waals surface area contributed by atoms with Crippen molar-refractivity contribution >= 4 is 17.5 Å². The van der Waals surface area contributed by atoms with Gasteiger partial charge in [0.2, 0.25) is 0 Å². The molecule has 1 unspecified atom stereocenters. The first-order chi connectivity index (χ1) is 17.6. The zero-order valence-corrected chi connectivity index (χ0v) is 19.8. The first kappa shape index (κ1) is 23.5. The van der Waals surface area contributed by atoms with E-state index in [2.05, 4.69) is 11.0 Å². The van der Waals surface area contributed by atoms with Gasteiger partial charge in [-0.3, -0.25) is 14.5 Å². The first-order valence-electron chi connectivity index (χ1n) is 11.8. The van der Waals surface area contributed by atoms with E-state index < -0.39 is 11.8 Å². The summed E-state index contributed by atoms with van der Waals surface area (Å²) >= 11 is 0. The number of benzene rings is 3. The number of amides is 2. The van der Waals surface area contributed by atoms with Gasteiger partial charge in [-0.15, -0.1) is 0 Å². The van der Waals surface area contributed by atoms with E-state index in [1.165, 1.54) is 0 Å². The van der Waals surface area contributed by atoms with Crippen molar-refractivity contribution in [3.63, 3.8) is 0 Å². The van der Waals surface area contributed by atoms with Crippen LogP contribution in [0.3, 0.4) is 0 Å². The maximum atomic E-state index is 13.2. The summed E-state index contributed by atoms with van der Waals surface area (Å²) < 4.78 is 17.4. The van der Waals surface area contributed by atoms with Gasteiger partial charge in [0.1, 0.15) is 30.1 Å². The van der Waals surface area contributed by atoms with E-state index in [1.54, 1.807) is 73.8 Å². The molecule has 0 radical (unpaired) electrons. The van der Waals surface area contributed by atoms with Crippen LogP contribution in [0.25, 0.3) is 0 Å². The average Bonchev–Trinajstić information content (AvgIpc) is 3.52. The highest BCUT2D eigenvalue weighted by molar-refractivity contribution is 6.34. The number of imide groups is 1. The highest BCUT2D eigenvalue weighted by Gasteiger charge is 2.37. The summed E-state index contributed by atoms with van der Waals surface area (Å²) in [5, 5.41) is 8.94. The van der Waals surface area contributed by atoms with Crippen LogP contribution in [0.4, 0.5) is 5.69 Å². The minimum Gasteiger partial charge on any atom is -0.489 e. The van der Waals surface area contributed by atoms with Crippen molar-refractivity contribution in [2.24, 2.45) is 0 Å². The molecule has 36 heavy (non-hydrogen) atoms. The summed E-state index contributed by atoms with van der Waals surface area (Å²) in [5.74, 6) is 0.671. The summed E-state index contributed by atoms with van der Waals surface area (Å²) in [6.07, 6.45) is 2.15. The summed E-state index contributed by atoms with van der Waals surface area (Å²) in [5.41, 5.74) is 1.54. The van der Waals surface area contributed by atoms with Crippen LogP contribution in [0, 0.1) is 11.3 Å². The van der Waals surface area contributed by atoms with Crippen LogP contribution in [0.15, 0.2) is 66.7 Å². The fourth-order valence-corrected chi connectivity index (χ4v) is 4.48. The molecule has 5 rings (SSSR count). The topological polar surface area (TPSA) is 92.1 Å². The Morgan fingerprint density at radius 1 is 0.889 bits per heavy atom. The van der Waals surface area contributed by atoms with E-state index in [-0.39, 0.29) is 11.8 Å². The maximum absolute atomic E-state index is 13.2. The average molecular weight is 484 g/mol. The molecule has 2 aliphatic heterocycles. The smallest absolute Gasteiger partial charge is 0.266 e. The van der Waals surface area contributed by atoms with Gasteiger partial charge in [-0.05, 0) is 67.4 Å². The summed E-state index contributed by atoms with van der Waals surface area (Å²) in [6, 6.07) is 20.4. The number of carbonyl (C=O) groups is 2. The molecule has 1 fully saturated rings. The normalized spacial score (nSPS) is 16.1. The maximum Gasteiger partial charge on any atom is 0.266 e. The SMILES string of the molecule is COC(COc1cccc(N2C(=O)c3ccc(Oc4ccc(C#N)cc4)cc3C2=O)c1)N1CCCC1. The second kappa shape index (κ2) is 10.2. The van der Waals surface area contributed by atoms with Gasteiger partial charge in [-0.2, -0.15) is 5.26 Å². The van der Waals surface area contributed by atoms with Gasteiger partial charge < -0.3 is 14.2 Å². The van der Waals surface area contributed by atoms with Crippen molar-refractivity contribution in [1.29, 1.82) is 5.26 Å². The van der Waals surface area contributed by atoms with Gasteiger partial charge in [0.05, 0.1) is 28.4 Å². The molecule has 0 bridgehead atoms. The van der Waals surface area contributed by atoms with Crippen LogP contribution in [-0.2, 0) is 4.74 Å². The predicted octanol–water partition coefficient (Wildman–Crippen LogP) is 4.60. The molecule has 1 atom stereocenters. The van der Waals surface area contributed by atoms with Crippen LogP contribution in [0.2, 0.25) is 0 Å². The van der Waals surface area contributed by atoms with Gasteiger partial charge in [-0.25, -0.2) is 4.90 Å². The molecule has 0 aliphatic carbocycles. The Morgan fingerprint density at radius 3 is 2.33 bits per heavy atom. The molecule has 8 heteroatoms. The molecule has 3 aromatic rings. The van der Waals surface area contributed by atoms with Crippen molar-refractivity contribution in [1.82, 2.24) is 4.90 Å². The van der Waals surface area contributed by atoms with E-state index in [0.29, 0.717) is 40.7 Å². The largest absolute Gasteiger partial charge is 0.489 e. The molecule has 3 aromatic carbocycles. The summed E-state index contributed by atoms with van der Waals surface area (Å²) in [7, 11) is 1.67. The Bertz CT molecular complexity index is 1330. The zero-order valence-electron chi connectivity index (χ0n) is 19.8. The number of hydrogen-bond acceptors (Lipinski definition) is 7. The fraction of sp³-hybridized carbons (Fsp3) is 0.250. The molecule has 0 aromatic heterocycles. The monoisotopic (exact) mass is 483 g/mol. The predicted molar refractivity (Wildman–Crippen MR) is 132 cm³/mol. The number of hydrogen-bond donors (Lipinski definition) is 0. The minimum absolute atomic E-state index is 0.148. The number of ether oxygens (including phenoxy) is 3. The second-order valence-corrected chi connectivity index (χ2v) is 8.63. The molecule has 8 nitrogen and oxygen atoms in total. The van der Waals surface area contributed by atoms with Gasteiger partial charge in [0.25, 0.3) is 11.8 Å². The number of anilines is 1. The first-order valence-corrected chi connectivity index (χ1v) is 11.8. The van der Waals surface area contributed by atoms with Gasteiger partial charge in [-0.1, -0.05) is 6.07 Å². The second-order valence-electron chi connectivity index (χ2n) is 8.63. The van der Waals surface area contributed by atoms with Gasteiger partial charge >= 0.3 is 0 Å². The lowest BCUT2D eigenvalue weighted by Crippen LogP contribution is -2.38. The number of likely N-dealkylation sites (tertiary alicyclic amines) is 1. The van der Waals surface area contributed by atoms with Crippen molar-refractivity contribution in [3.05, 3.63) is 83.4 Å². The van der Waals surface area contributed by atoms with Crippen LogP contribution in [-0.4, -0.2) is 49.7 Å². The van der Waals surface area contributed by atoms with E-state index in [0.717, 1.165) is 30.8 Å². The third-order valence-electron chi connectivity index (χ3n) is 6.37. The molecule has 0 spiro atoms. The van der Waals surface area contributed by atoms with Crippen LogP contribution >= 0.6 is 0 Å². The van der Waals surface area contributed by atoms with E-state index in [4.69, 9.17) is 19.5 Å². The molecule has 2 amide bonds. The van der Waals surface area contributed by atoms with Crippen molar-refractivity contribution < 1.29 is 23.8 Å². The Balaban J connectivity index is 1.31. The number of nitriles is 1. The molecule has 182 valence electrons. The zero-order chi connectivity index (χ0) is 25.1. The van der Waals surface area contributed by atoms with Gasteiger partial charge in [0, 0.05) is 26.3 Å². The molecule has 0 saturated carbocycles. The molecule has 0 N–H and O–H groups in total. The number of methoxy groups -OCH3 is 1. The van der Waals surface area contributed by atoms with Gasteiger partial charge in [0.15, 0.2) is 0 Å². The number of carbonyl (C=O) groups excluding carboxylic acids is 2. The van der Waals surface area contributed by atoms with E-state index >= 15 is 0 Å². The standard InChI is InChI=1S/C28H25N3O5/c1-34-26(30-13-2-3-14-30)18-35-22-6-4-5-20(15-22)31-27(32)24-12-11-23(16-25(24)28(31)33)36-21-9-7-19(17-29)8-10-21/h4-12,15-16,26H,2-3,13-14,18H2,1H3. The lowest BCUT2D eigenvalue weighted by molar-refractivity contribution is -0.0469. The molecule has 2 heterocycles.